The summed E-state index contributed by atoms with van der Waals surface area (Å²) in [5.74, 6) is 0.746. The van der Waals surface area contributed by atoms with Crippen LogP contribution in [-0.4, -0.2) is 20.8 Å². The number of phenolic OH excluding ortho intramolecular Hbond substituents is 1. The number of aromatic hydroxyl groups is 1. The number of carbonyl (C=O) groups excluding carboxylic acids is 1. The van der Waals surface area contributed by atoms with Gasteiger partial charge >= 0.3 is 0 Å². The Morgan fingerprint density at radius 1 is 1.25 bits per heavy atom. The zero-order valence-corrected chi connectivity index (χ0v) is 14.4. The molecule has 5 heteroatoms. The monoisotopic (exact) mass is 327 g/mol. The zero-order chi connectivity index (χ0) is 17.1. The van der Waals surface area contributed by atoms with Crippen LogP contribution in [0, 0.1) is 13.8 Å². The summed E-state index contributed by atoms with van der Waals surface area (Å²) in [7, 11) is 0. The van der Waals surface area contributed by atoms with Crippen molar-refractivity contribution in [3.63, 3.8) is 0 Å². The second kappa shape index (κ2) is 7.07. The van der Waals surface area contributed by atoms with E-state index in [0.29, 0.717) is 11.9 Å². The van der Waals surface area contributed by atoms with Crippen LogP contribution < -0.4 is 5.32 Å². The number of hydrogen-bond acceptors (Lipinski definition) is 3. The maximum atomic E-state index is 12.3. The number of amides is 1. The van der Waals surface area contributed by atoms with Gasteiger partial charge in [-0.15, -0.1) is 0 Å². The highest BCUT2D eigenvalue weighted by Crippen LogP contribution is 2.29. The van der Waals surface area contributed by atoms with Crippen molar-refractivity contribution in [1.29, 1.82) is 0 Å². The molecule has 1 aromatic carbocycles. The predicted molar refractivity (Wildman–Crippen MR) is 94.3 cm³/mol. The van der Waals surface area contributed by atoms with Crippen LogP contribution in [0.15, 0.2) is 24.4 Å². The maximum Gasteiger partial charge on any atom is 0.230 e. The lowest BCUT2D eigenvalue weighted by Crippen LogP contribution is -2.17. The lowest BCUT2D eigenvalue weighted by molar-refractivity contribution is -0.115. The molecule has 0 bridgehead atoms. The van der Waals surface area contributed by atoms with Gasteiger partial charge in [-0.25, -0.2) is 0 Å². The average Bonchev–Trinajstić information content (AvgIpc) is 2.93. The molecule has 0 unspecified atom stereocenters. The van der Waals surface area contributed by atoms with E-state index in [1.165, 1.54) is 19.3 Å². The van der Waals surface area contributed by atoms with Crippen LogP contribution in [0.4, 0.5) is 5.82 Å². The Labute approximate surface area is 142 Å². The fraction of sp³-hybridized carbons (Fsp3) is 0.474. The van der Waals surface area contributed by atoms with E-state index in [1.807, 2.05) is 36.9 Å². The van der Waals surface area contributed by atoms with Gasteiger partial charge in [0.2, 0.25) is 5.91 Å². The van der Waals surface area contributed by atoms with E-state index >= 15 is 0 Å². The van der Waals surface area contributed by atoms with Crippen molar-refractivity contribution in [2.75, 3.05) is 5.32 Å². The van der Waals surface area contributed by atoms with Crippen molar-refractivity contribution >= 4 is 11.7 Å². The van der Waals surface area contributed by atoms with Crippen molar-refractivity contribution in [2.24, 2.45) is 0 Å². The summed E-state index contributed by atoms with van der Waals surface area (Å²) in [4.78, 5) is 12.3. The van der Waals surface area contributed by atoms with Gasteiger partial charge in [0.25, 0.3) is 0 Å². The minimum Gasteiger partial charge on any atom is -0.508 e. The van der Waals surface area contributed by atoms with E-state index in [4.69, 9.17) is 0 Å². The first kappa shape index (κ1) is 16.6. The molecule has 1 heterocycles. The first-order chi connectivity index (χ1) is 11.5. The molecule has 0 atom stereocenters. The number of phenols is 1. The van der Waals surface area contributed by atoms with Gasteiger partial charge in [0.1, 0.15) is 5.75 Å². The summed E-state index contributed by atoms with van der Waals surface area (Å²) < 4.78 is 2.02. The first-order valence-corrected chi connectivity index (χ1v) is 8.67. The number of anilines is 1. The van der Waals surface area contributed by atoms with Gasteiger partial charge in [-0.3, -0.25) is 9.48 Å². The molecule has 1 aliphatic rings. The van der Waals surface area contributed by atoms with Crippen LogP contribution in [0.5, 0.6) is 5.75 Å². The predicted octanol–water partition coefficient (Wildman–Crippen LogP) is 3.89. The molecule has 3 rings (SSSR count). The van der Waals surface area contributed by atoms with E-state index in [0.717, 1.165) is 29.5 Å². The SMILES string of the molecule is Cc1ccc(CC(=O)Nc2nn(C3CCCCC3)cc2C)cc1O. The molecule has 1 aromatic heterocycles. The van der Waals surface area contributed by atoms with Gasteiger partial charge in [-0.1, -0.05) is 31.4 Å². The van der Waals surface area contributed by atoms with Crippen LogP contribution in [0.3, 0.4) is 0 Å². The molecule has 1 saturated carbocycles. The molecule has 0 aliphatic heterocycles. The van der Waals surface area contributed by atoms with Crippen LogP contribution in [0.1, 0.15) is 54.8 Å². The molecule has 0 saturated heterocycles. The third kappa shape index (κ3) is 3.78. The van der Waals surface area contributed by atoms with Crippen LogP contribution >= 0.6 is 0 Å². The highest BCUT2D eigenvalue weighted by Gasteiger charge is 2.18. The second-order valence-corrected chi connectivity index (χ2v) is 6.78. The quantitative estimate of drug-likeness (QED) is 0.895. The van der Waals surface area contributed by atoms with Gasteiger partial charge in [0.05, 0.1) is 12.5 Å². The van der Waals surface area contributed by atoms with Crippen LogP contribution in [-0.2, 0) is 11.2 Å². The Morgan fingerprint density at radius 3 is 2.71 bits per heavy atom. The van der Waals surface area contributed by atoms with Gasteiger partial charge in [-0.05, 0) is 43.9 Å². The lowest BCUT2D eigenvalue weighted by Gasteiger charge is -2.21. The molecule has 1 fully saturated rings. The standard InChI is InChI=1S/C19H25N3O2/c1-13-8-9-15(10-17(13)23)11-18(24)20-19-14(2)12-22(21-19)16-6-4-3-5-7-16/h8-10,12,16,23H,3-7,11H2,1-2H3,(H,20,21,24). The summed E-state index contributed by atoms with van der Waals surface area (Å²) in [5, 5.41) is 17.2. The number of aryl methyl sites for hydroxylation is 2. The third-order valence-corrected chi connectivity index (χ3v) is 4.76. The summed E-state index contributed by atoms with van der Waals surface area (Å²) in [5.41, 5.74) is 2.59. The summed E-state index contributed by atoms with van der Waals surface area (Å²) >= 11 is 0. The first-order valence-electron chi connectivity index (χ1n) is 8.67. The number of nitrogens with one attached hydrogen (secondary N) is 1. The smallest absolute Gasteiger partial charge is 0.230 e. The second-order valence-electron chi connectivity index (χ2n) is 6.78. The number of hydrogen-bond donors (Lipinski definition) is 2. The van der Waals surface area contributed by atoms with Crippen LogP contribution in [0.25, 0.3) is 0 Å². The minimum atomic E-state index is -0.116. The normalized spacial score (nSPS) is 15.4. The van der Waals surface area contributed by atoms with E-state index in [-0.39, 0.29) is 18.1 Å². The number of nitrogens with zero attached hydrogens (tertiary/aromatic N) is 2. The fourth-order valence-electron chi connectivity index (χ4n) is 3.27. The number of carbonyl (C=O) groups is 1. The third-order valence-electron chi connectivity index (χ3n) is 4.76. The van der Waals surface area contributed by atoms with Gasteiger partial charge in [0.15, 0.2) is 5.82 Å². The summed E-state index contributed by atoms with van der Waals surface area (Å²) in [6, 6.07) is 5.78. The Balaban J connectivity index is 1.65. The highest BCUT2D eigenvalue weighted by molar-refractivity contribution is 5.92. The summed E-state index contributed by atoms with van der Waals surface area (Å²) in [6.07, 6.45) is 8.40. The van der Waals surface area contributed by atoms with Crippen molar-refractivity contribution in [3.8, 4) is 5.75 Å². The van der Waals surface area contributed by atoms with Gasteiger partial charge in [0, 0.05) is 11.8 Å². The average molecular weight is 327 g/mol. The number of aromatic nitrogens is 2. The molecule has 0 spiro atoms. The molecule has 0 radical (unpaired) electrons. The van der Waals surface area contributed by atoms with E-state index < -0.39 is 0 Å². The Morgan fingerprint density at radius 2 is 2.00 bits per heavy atom. The minimum absolute atomic E-state index is 0.116. The molecular formula is C19H25N3O2. The maximum absolute atomic E-state index is 12.3. The molecule has 5 nitrogen and oxygen atoms in total. The van der Waals surface area contributed by atoms with Crippen molar-refractivity contribution in [3.05, 3.63) is 41.1 Å². The van der Waals surface area contributed by atoms with Crippen molar-refractivity contribution in [1.82, 2.24) is 9.78 Å². The molecule has 2 aromatic rings. The van der Waals surface area contributed by atoms with Gasteiger partial charge in [-0.2, -0.15) is 5.10 Å². The van der Waals surface area contributed by atoms with E-state index in [9.17, 15) is 9.90 Å². The van der Waals surface area contributed by atoms with Crippen molar-refractivity contribution < 1.29 is 9.90 Å². The molecule has 2 N–H and O–H groups in total. The number of rotatable bonds is 4. The van der Waals surface area contributed by atoms with E-state index in [1.54, 1.807) is 6.07 Å². The van der Waals surface area contributed by atoms with E-state index in [2.05, 4.69) is 10.4 Å². The Bertz CT molecular complexity index is 730. The molecule has 1 amide bonds. The van der Waals surface area contributed by atoms with Gasteiger partial charge < -0.3 is 10.4 Å². The molecule has 24 heavy (non-hydrogen) atoms. The Hall–Kier alpha value is -2.30. The summed E-state index contributed by atoms with van der Waals surface area (Å²) in [6.45, 7) is 3.81. The molecular weight excluding hydrogens is 302 g/mol. The fourth-order valence-corrected chi connectivity index (χ4v) is 3.27. The largest absolute Gasteiger partial charge is 0.508 e. The zero-order valence-electron chi connectivity index (χ0n) is 14.4. The van der Waals surface area contributed by atoms with Crippen molar-refractivity contribution in [2.45, 2.75) is 58.4 Å². The molecule has 1 aliphatic carbocycles. The lowest BCUT2D eigenvalue weighted by atomic mass is 9.96. The number of benzene rings is 1. The Kier molecular flexibility index (Phi) is 4.88. The van der Waals surface area contributed by atoms with Crippen LogP contribution in [0.2, 0.25) is 0 Å². The molecule has 128 valence electrons. The topological polar surface area (TPSA) is 67.2 Å². The highest BCUT2D eigenvalue weighted by atomic mass is 16.3.